The molecule has 2 heterocycles. The average molecular weight is 363 g/mol. The number of carbonyl (C=O) groups excluding carboxylic acids is 3. The van der Waals surface area contributed by atoms with E-state index in [4.69, 9.17) is 5.73 Å². The summed E-state index contributed by atoms with van der Waals surface area (Å²) in [6.45, 7) is 0. The lowest BCUT2D eigenvalue weighted by atomic mass is 10.0. The molecule has 1 aromatic carbocycles. The zero-order valence-corrected chi connectivity index (χ0v) is 14.3. The number of Topliss-reactive ketones (excluding diaryl/α,β-unsaturated/α-hetero) is 1. The number of nitrogens with one attached hydrogen (secondary N) is 2. The van der Waals surface area contributed by atoms with Crippen LogP contribution in [0.15, 0.2) is 60.9 Å². The lowest BCUT2D eigenvalue weighted by Crippen LogP contribution is -2.47. The van der Waals surface area contributed by atoms with Crippen molar-refractivity contribution in [2.24, 2.45) is 5.73 Å². The van der Waals surface area contributed by atoms with Crippen LogP contribution in [0.2, 0.25) is 0 Å². The van der Waals surface area contributed by atoms with Gasteiger partial charge in [0, 0.05) is 18.8 Å². The molecule has 8 heteroatoms. The van der Waals surface area contributed by atoms with Crippen molar-refractivity contribution >= 4 is 17.6 Å². The van der Waals surface area contributed by atoms with Gasteiger partial charge in [-0.05, 0) is 17.7 Å². The summed E-state index contributed by atoms with van der Waals surface area (Å²) in [6, 6.07) is 13.2. The number of nitrogens with zero attached hydrogens (tertiary/aromatic N) is 2. The molecule has 4 N–H and O–H groups in total. The summed E-state index contributed by atoms with van der Waals surface area (Å²) in [5, 5.41) is 9.14. The molecular weight excluding hydrogens is 346 g/mol. The Labute approximate surface area is 154 Å². The minimum atomic E-state index is -1.11. The van der Waals surface area contributed by atoms with E-state index in [0.29, 0.717) is 11.3 Å². The number of benzene rings is 1. The van der Waals surface area contributed by atoms with Gasteiger partial charge >= 0.3 is 0 Å². The van der Waals surface area contributed by atoms with Crippen molar-refractivity contribution in [2.45, 2.75) is 12.5 Å². The minimum absolute atomic E-state index is 0.0732. The molecule has 0 fully saturated rings. The smallest absolute Gasteiger partial charge is 0.287 e. The van der Waals surface area contributed by atoms with E-state index in [0.717, 1.165) is 5.56 Å². The molecule has 1 unspecified atom stereocenters. The Hall–Kier alpha value is -3.81. The molecule has 2 aromatic heterocycles. The maximum atomic E-state index is 12.7. The maximum absolute atomic E-state index is 12.7. The van der Waals surface area contributed by atoms with Crippen molar-refractivity contribution < 1.29 is 14.4 Å². The van der Waals surface area contributed by atoms with Gasteiger partial charge in [0.25, 0.3) is 11.8 Å². The van der Waals surface area contributed by atoms with E-state index in [1.807, 2.05) is 6.07 Å². The van der Waals surface area contributed by atoms with Gasteiger partial charge in [0.1, 0.15) is 6.04 Å². The van der Waals surface area contributed by atoms with E-state index in [1.54, 1.807) is 54.9 Å². The first kappa shape index (κ1) is 18.0. The predicted molar refractivity (Wildman–Crippen MR) is 97.4 cm³/mol. The number of H-pyrrole nitrogens is 1. The summed E-state index contributed by atoms with van der Waals surface area (Å²) in [7, 11) is 0. The molecule has 27 heavy (non-hydrogen) atoms. The Morgan fingerprint density at radius 1 is 1.07 bits per heavy atom. The highest BCUT2D eigenvalue weighted by Gasteiger charge is 2.27. The number of nitrogens with two attached hydrogens (primary N) is 1. The summed E-state index contributed by atoms with van der Waals surface area (Å²) >= 11 is 0. The number of hydrogen-bond donors (Lipinski definition) is 3. The van der Waals surface area contributed by atoms with E-state index in [9.17, 15) is 14.4 Å². The Morgan fingerprint density at radius 2 is 1.81 bits per heavy atom. The van der Waals surface area contributed by atoms with Gasteiger partial charge in [-0.2, -0.15) is 5.10 Å². The highest BCUT2D eigenvalue weighted by atomic mass is 16.2. The van der Waals surface area contributed by atoms with Crippen LogP contribution in [0.3, 0.4) is 0 Å². The second-order valence-corrected chi connectivity index (χ2v) is 5.81. The molecule has 0 aliphatic heterocycles. The van der Waals surface area contributed by atoms with E-state index in [2.05, 4.69) is 20.5 Å². The third-order valence-corrected chi connectivity index (χ3v) is 3.94. The van der Waals surface area contributed by atoms with Gasteiger partial charge in [-0.1, -0.05) is 36.4 Å². The second-order valence-electron chi connectivity index (χ2n) is 5.81. The lowest BCUT2D eigenvalue weighted by molar-refractivity contribution is -0.137. The van der Waals surface area contributed by atoms with Crippen LogP contribution in [-0.2, 0) is 16.0 Å². The SMILES string of the molecule is NC(=O)C(=O)C(Cc1ccccc1)NC(=O)c1n[nH]cc1-c1ccccn1. The monoisotopic (exact) mass is 363 g/mol. The molecule has 0 aliphatic rings. The van der Waals surface area contributed by atoms with Crippen molar-refractivity contribution in [3.8, 4) is 11.3 Å². The van der Waals surface area contributed by atoms with Crippen molar-refractivity contribution in [3.05, 3.63) is 72.2 Å². The molecule has 0 bridgehead atoms. The first-order valence-electron chi connectivity index (χ1n) is 8.20. The summed E-state index contributed by atoms with van der Waals surface area (Å²) < 4.78 is 0. The molecule has 136 valence electrons. The molecule has 0 saturated carbocycles. The predicted octanol–water partition coefficient (Wildman–Crippen LogP) is 0.867. The van der Waals surface area contributed by atoms with Crippen LogP contribution in [0.4, 0.5) is 0 Å². The number of primary amides is 1. The van der Waals surface area contributed by atoms with E-state index in [1.165, 1.54) is 0 Å². The van der Waals surface area contributed by atoms with Gasteiger partial charge in [0.05, 0.1) is 11.3 Å². The second kappa shape index (κ2) is 8.05. The molecule has 3 aromatic rings. The first-order valence-corrected chi connectivity index (χ1v) is 8.20. The summed E-state index contributed by atoms with van der Waals surface area (Å²) in [5.74, 6) is -2.59. The topological polar surface area (TPSA) is 131 Å². The fraction of sp³-hybridized carbons (Fsp3) is 0.105. The fourth-order valence-corrected chi connectivity index (χ4v) is 2.64. The standard InChI is InChI=1S/C19H17N5O3/c20-18(26)17(25)15(10-12-6-2-1-3-7-12)23-19(27)16-13(11-22-24-16)14-8-4-5-9-21-14/h1-9,11,15H,10H2,(H2,20,26)(H,22,24)(H,23,27). The van der Waals surface area contributed by atoms with Crippen LogP contribution in [-0.4, -0.2) is 38.8 Å². The number of aromatic nitrogens is 3. The van der Waals surface area contributed by atoms with Gasteiger partial charge < -0.3 is 11.1 Å². The molecule has 0 spiro atoms. The third kappa shape index (κ3) is 4.24. The Morgan fingerprint density at radius 3 is 2.48 bits per heavy atom. The van der Waals surface area contributed by atoms with E-state index < -0.39 is 23.6 Å². The Kier molecular flexibility index (Phi) is 5.36. The van der Waals surface area contributed by atoms with Crippen molar-refractivity contribution in [1.29, 1.82) is 0 Å². The van der Waals surface area contributed by atoms with Gasteiger partial charge in [0.2, 0.25) is 5.78 Å². The molecule has 8 nitrogen and oxygen atoms in total. The minimum Gasteiger partial charge on any atom is -0.363 e. The normalized spacial score (nSPS) is 11.6. The zero-order valence-electron chi connectivity index (χ0n) is 14.3. The van der Waals surface area contributed by atoms with Gasteiger partial charge in [0.15, 0.2) is 5.69 Å². The molecule has 3 rings (SSSR count). The van der Waals surface area contributed by atoms with Crippen molar-refractivity contribution in [1.82, 2.24) is 20.5 Å². The van der Waals surface area contributed by atoms with Gasteiger partial charge in [-0.25, -0.2) is 0 Å². The van der Waals surface area contributed by atoms with Crippen LogP contribution in [0.25, 0.3) is 11.3 Å². The van der Waals surface area contributed by atoms with Crippen LogP contribution < -0.4 is 11.1 Å². The summed E-state index contributed by atoms with van der Waals surface area (Å²) in [5.41, 5.74) is 7.03. The first-order chi connectivity index (χ1) is 13.1. The van der Waals surface area contributed by atoms with Crippen LogP contribution >= 0.6 is 0 Å². The summed E-state index contributed by atoms with van der Waals surface area (Å²) in [6.07, 6.45) is 3.27. The number of aromatic amines is 1. The van der Waals surface area contributed by atoms with Crippen LogP contribution in [0, 0.1) is 0 Å². The molecule has 1 atom stereocenters. The van der Waals surface area contributed by atoms with Crippen molar-refractivity contribution in [2.75, 3.05) is 0 Å². The fourth-order valence-electron chi connectivity index (χ4n) is 2.64. The van der Waals surface area contributed by atoms with Crippen LogP contribution in [0.1, 0.15) is 16.1 Å². The molecular formula is C19H17N5O3. The quantitative estimate of drug-likeness (QED) is 0.536. The molecule has 0 radical (unpaired) electrons. The Bertz CT molecular complexity index is 954. The molecule has 2 amide bonds. The zero-order chi connectivity index (χ0) is 19.2. The highest BCUT2D eigenvalue weighted by Crippen LogP contribution is 2.19. The average Bonchev–Trinajstić information content (AvgIpc) is 3.18. The highest BCUT2D eigenvalue weighted by molar-refractivity contribution is 6.38. The van der Waals surface area contributed by atoms with E-state index >= 15 is 0 Å². The largest absolute Gasteiger partial charge is 0.363 e. The van der Waals surface area contributed by atoms with Gasteiger partial charge in [-0.3, -0.25) is 24.5 Å². The Balaban J connectivity index is 1.84. The number of rotatable bonds is 7. The molecule has 0 aliphatic carbocycles. The number of pyridine rings is 1. The summed E-state index contributed by atoms with van der Waals surface area (Å²) in [4.78, 5) is 40.4. The number of ketones is 1. The number of amides is 2. The van der Waals surface area contributed by atoms with Crippen molar-refractivity contribution in [3.63, 3.8) is 0 Å². The van der Waals surface area contributed by atoms with Crippen LogP contribution in [0.5, 0.6) is 0 Å². The molecule has 0 saturated heterocycles. The maximum Gasteiger partial charge on any atom is 0.287 e. The van der Waals surface area contributed by atoms with E-state index in [-0.39, 0.29) is 12.1 Å². The number of carbonyl (C=O) groups is 3. The van der Waals surface area contributed by atoms with Gasteiger partial charge in [-0.15, -0.1) is 0 Å². The third-order valence-electron chi connectivity index (χ3n) is 3.94. The lowest BCUT2D eigenvalue weighted by Gasteiger charge is -2.16. The number of hydrogen-bond acceptors (Lipinski definition) is 5.